The lowest BCUT2D eigenvalue weighted by atomic mass is 9.94. The van der Waals surface area contributed by atoms with E-state index in [2.05, 4.69) is 10.7 Å². The Kier molecular flexibility index (Phi) is 9.28. The van der Waals surface area contributed by atoms with Gasteiger partial charge in [-0.05, 0) is 50.4 Å². The van der Waals surface area contributed by atoms with Crippen molar-refractivity contribution in [3.63, 3.8) is 0 Å². The smallest absolute Gasteiger partial charge is 0.378 e. The molecule has 0 aliphatic heterocycles. The summed E-state index contributed by atoms with van der Waals surface area (Å²) < 4.78 is 40.6. The number of rotatable bonds is 4. The molecule has 0 bridgehead atoms. The van der Waals surface area contributed by atoms with Gasteiger partial charge in [-0.1, -0.05) is 65.4 Å². The fraction of sp³-hybridized carbons (Fsp3) is 0.286. The molecule has 4 N–H and O–H groups in total. The maximum absolute atomic E-state index is 13.5. The van der Waals surface area contributed by atoms with Gasteiger partial charge in [-0.15, -0.1) is 0 Å². The zero-order chi connectivity index (χ0) is 21.3. The summed E-state index contributed by atoms with van der Waals surface area (Å²) in [5, 5.41) is 0.431. The van der Waals surface area contributed by atoms with Gasteiger partial charge < -0.3 is 11.5 Å². The van der Waals surface area contributed by atoms with Gasteiger partial charge in [-0.2, -0.15) is 13.2 Å². The Balaban J connectivity index is 0.00000190. The molecule has 2 aromatic carbocycles. The first kappa shape index (κ1) is 23.8. The summed E-state index contributed by atoms with van der Waals surface area (Å²) >= 11 is 1.33. The highest BCUT2D eigenvalue weighted by Crippen LogP contribution is 2.37. The molecule has 152 valence electrons. The second kappa shape index (κ2) is 10.9. The Bertz CT molecular complexity index is 792. The number of nitrogens with zero attached hydrogens (tertiary/aromatic N) is 1. The molecular formula is C21H26F3N3S. The summed E-state index contributed by atoms with van der Waals surface area (Å²) in [7, 11) is 1.50. The van der Waals surface area contributed by atoms with Crippen LogP contribution in [0.5, 0.6) is 0 Å². The topological polar surface area (TPSA) is 64.4 Å². The molecule has 0 aliphatic rings. The van der Waals surface area contributed by atoms with Gasteiger partial charge in [0.05, 0.1) is 11.6 Å². The average Bonchev–Trinajstić information content (AvgIpc) is 2.63. The number of benzene rings is 2. The molecule has 0 spiro atoms. The number of alkyl halides is 3. The second-order valence-corrected chi connectivity index (χ2v) is 6.87. The minimum atomic E-state index is -4.35. The van der Waals surface area contributed by atoms with Gasteiger partial charge in [0.2, 0.25) is 0 Å². The first-order valence-corrected chi connectivity index (χ1v) is 9.80. The third-order valence-electron chi connectivity index (χ3n) is 3.78. The average molecular weight is 410 g/mol. The summed E-state index contributed by atoms with van der Waals surface area (Å²) in [4.78, 5) is 4.17. The molecule has 2 aromatic rings. The number of aryl methyl sites for hydroxylation is 2. The molecule has 0 heterocycles. The van der Waals surface area contributed by atoms with Crippen LogP contribution in [-0.2, 0) is 0 Å². The maximum atomic E-state index is 13.5. The lowest BCUT2D eigenvalue weighted by Gasteiger charge is -2.18. The number of amidine groups is 1. The number of thioether (sulfide) groups is 1. The molecule has 28 heavy (non-hydrogen) atoms. The van der Waals surface area contributed by atoms with Crippen LogP contribution in [0.4, 0.5) is 18.9 Å². The highest BCUT2D eigenvalue weighted by atomic mass is 32.2. The van der Waals surface area contributed by atoms with Crippen molar-refractivity contribution in [1.82, 2.24) is 0 Å². The normalized spacial score (nSPS) is 13.2. The van der Waals surface area contributed by atoms with E-state index in [0.717, 1.165) is 11.1 Å². The van der Waals surface area contributed by atoms with Gasteiger partial charge in [0, 0.05) is 0 Å². The van der Waals surface area contributed by atoms with Crippen molar-refractivity contribution in [2.45, 2.75) is 25.9 Å². The molecule has 1 atom stereocenters. The van der Waals surface area contributed by atoms with E-state index in [1.165, 1.54) is 31.0 Å². The fourth-order valence-corrected chi connectivity index (χ4v) is 2.84. The number of hydrogen-bond acceptors (Lipinski definition) is 3. The Labute approximate surface area is 168 Å². The van der Waals surface area contributed by atoms with Gasteiger partial charge in [-0.3, -0.25) is 0 Å². The minimum absolute atomic E-state index is 0.250. The molecule has 0 fully saturated rings. The van der Waals surface area contributed by atoms with E-state index in [0.29, 0.717) is 16.4 Å². The van der Waals surface area contributed by atoms with E-state index in [1.54, 1.807) is 50.2 Å². The lowest BCUT2D eigenvalue weighted by molar-refractivity contribution is -0.139. The predicted molar refractivity (Wildman–Crippen MR) is 115 cm³/mol. The largest absolute Gasteiger partial charge is 0.399 e. The highest BCUT2D eigenvalue weighted by molar-refractivity contribution is 8.13. The third kappa shape index (κ3) is 7.40. The zero-order valence-electron chi connectivity index (χ0n) is 16.4. The van der Waals surface area contributed by atoms with Crippen LogP contribution in [0, 0.1) is 13.8 Å². The number of halogens is 3. The van der Waals surface area contributed by atoms with Crippen LogP contribution in [0.3, 0.4) is 0 Å². The Morgan fingerprint density at radius 3 is 2.04 bits per heavy atom. The summed E-state index contributed by atoms with van der Waals surface area (Å²) in [6.07, 6.45) is 0.151. The van der Waals surface area contributed by atoms with Crippen molar-refractivity contribution in [3.8, 4) is 0 Å². The van der Waals surface area contributed by atoms with Crippen molar-refractivity contribution in [3.05, 3.63) is 70.8 Å². The van der Waals surface area contributed by atoms with Crippen molar-refractivity contribution >= 4 is 28.7 Å². The van der Waals surface area contributed by atoms with Crippen molar-refractivity contribution < 1.29 is 13.2 Å². The van der Waals surface area contributed by atoms with Crippen LogP contribution < -0.4 is 11.5 Å². The summed E-state index contributed by atoms with van der Waals surface area (Å²) in [5.74, 6) is -1.65. The van der Waals surface area contributed by atoms with Gasteiger partial charge in [0.25, 0.3) is 0 Å². The fourth-order valence-electron chi connectivity index (χ4n) is 2.64. The Hall–Kier alpha value is -2.25. The maximum Gasteiger partial charge on any atom is 0.399 e. The van der Waals surface area contributed by atoms with E-state index < -0.39 is 12.1 Å². The number of aliphatic imine (C=N–C) groups is 1. The number of allylic oxidation sites excluding steroid dienone is 1. The van der Waals surface area contributed by atoms with Gasteiger partial charge in [-0.25, -0.2) is 4.99 Å². The first-order valence-electron chi connectivity index (χ1n) is 8.58. The van der Waals surface area contributed by atoms with Crippen LogP contribution in [0.1, 0.15) is 28.2 Å². The molecule has 0 aliphatic carbocycles. The minimum Gasteiger partial charge on any atom is -0.378 e. The molecule has 7 heteroatoms. The monoisotopic (exact) mass is 409 g/mol. The third-order valence-corrected chi connectivity index (χ3v) is 4.29. The Morgan fingerprint density at radius 2 is 1.57 bits per heavy atom. The van der Waals surface area contributed by atoms with Crippen LogP contribution >= 0.6 is 11.8 Å². The summed E-state index contributed by atoms with van der Waals surface area (Å²) in [6, 6.07) is 11.9. The predicted octanol–water partition coefficient (Wildman–Crippen LogP) is 5.55. The molecule has 0 radical (unpaired) electrons. The van der Waals surface area contributed by atoms with Crippen molar-refractivity contribution in [2.75, 3.05) is 13.3 Å². The van der Waals surface area contributed by atoms with Gasteiger partial charge in [0.1, 0.15) is 0 Å². The van der Waals surface area contributed by atoms with E-state index >= 15 is 0 Å². The zero-order valence-corrected chi connectivity index (χ0v) is 17.2. The van der Waals surface area contributed by atoms with E-state index in [9.17, 15) is 13.2 Å². The quantitative estimate of drug-likeness (QED) is 0.514. The van der Waals surface area contributed by atoms with Crippen LogP contribution in [0.25, 0.3) is 6.08 Å². The lowest BCUT2D eigenvalue weighted by Crippen LogP contribution is -2.19. The van der Waals surface area contributed by atoms with Crippen molar-refractivity contribution in [1.29, 1.82) is 0 Å². The van der Waals surface area contributed by atoms with E-state index in [4.69, 9.17) is 5.73 Å². The molecule has 1 unspecified atom stereocenters. The van der Waals surface area contributed by atoms with Crippen molar-refractivity contribution in [2.24, 2.45) is 16.5 Å². The number of hydrogen-bond donors (Lipinski definition) is 2. The standard InChI is InChI=1S/C20H21F3N2S.CH5N/c1-13-10-14(2)12-16(11-13)18(20(21,22)23)9-6-15-4-7-17(8-5-15)25-19(24)26-3;1-2/h4-12,18H,1-3H3,(H2,24,25);2H2,1H3/b9-6+;. The molecule has 3 nitrogen and oxygen atoms in total. The molecular weight excluding hydrogens is 383 g/mol. The van der Waals surface area contributed by atoms with Crippen LogP contribution in [-0.4, -0.2) is 24.6 Å². The molecule has 2 rings (SSSR count). The van der Waals surface area contributed by atoms with E-state index in [-0.39, 0.29) is 5.56 Å². The van der Waals surface area contributed by atoms with Crippen LogP contribution in [0.15, 0.2) is 53.5 Å². The molecule has 0 aromatic heterocycles. The summed E-state index contributed by atoms with van der Waals surface area (Å²) in [5.41, 5.74) is 13.4. The highest BCUT2D eigenvalue weighted by Gasteiger charge is 2.38. The number of nitrogens with two attached hydrogens (primary N) is 2. The summed E-state index contributed by atoms with van der Waals surface area (Å²) in [6.45, 7) is 3.60. The second-order valence-electron chi connectivity index (χ2n) is 6.05. The molecule has 0 saturated heterocycles. The first-order chi connectivity index (χ1) is 13.2. The SMILES string of the molecule is CN.CSC(N)=Nc1ccc(/C=C/C(c2cc(C)cc(C)c2)C(F)(F)F)cc1. The molecule has 0 saturated carbocycles. The molecule has 0 amide bonds. The van der Waals surface area contributed by atoms with E-state index in [1.807, 2.05) is 12.3 Å². The Morgan fingerprint density at radius 1 is 1.04 bits per heavy atom. The van der Waals surface area contributed by atoms with Crippen LogP contribution in [0.2, 0.25) is 0 Å². The van der Waals surface area contributed by atoms with Gasteiger partial charge in [0.15, 0.2) is 5.17 Å². The van der Waals surface area contributed by atoms with Gasteiger partial charge >= 0.3 is 6.18 Å².